The Bertz CT molecular complexity index is 238. The molecule has 1 atom stereocenters. The van der Waals surface area contributed by atoms with Gasteiger partial charge < -0.3 is 0 Å². The highest BCUT2D eigenvalue weighted by Gasteiger charge is 2.01. The summed E-state index contributed by atoms with van der Waals surface area (Å²) in [6, 6.07) is 0. The van der Waals surface area contributed by atoms with Crippen molar-refractivity contribution in [3.63, 3.8) is 0 Å². The molecule has 0 aromatic carbocycles. The normalized spacial score (nSPS) is 13.3. The van der Waals surface area contributed by atoms with Gasteiger partial charge in [0.15, 0.2) is 0 Å². The van der Waals surface area contributed by atoms with Crippen molar-refractivity contribution in [2.75, 3.05) is 0 Å². The van der Waals surface area contributed by atoms with E-state index in [0.717, 1.165) is 11.8 Å². The van der Waals surface area contributed by atoms with E-state index in [-0.39, 0.29) is 0 Å². The maximum Gasteiger partial charge on any atom is -0.0351 e. The van der Waals surface area contributed by atoms with E-state index in [0.29, 0.717) is 0 Å². The first-order valence-corrected chi connectivity index (χ1v) is 10.8. The van der Waals surface area contributed by atoms with Gasteiger partial charge in [0.2, 0.25) is 0 Å². The fraction of sp³-hybridized carbons (Fsp3) is 0.913. The minimum atomic E-state index is 0.884. The van der Waals surface area contributed by atoms with E-state index < -0.39 is 0 Å². The third-order valence-electron chi connectivity index (χ3n) is 4.94. The van der Waals surface area contributed by atoms with Crippen LogP contribution >= 0.6 is 0 Å². The van der Waals surface area contributed by atoms with E-state index >= 15 is 0 Å². The van der Waals surface area contributed by atoms with Crippen LogP contribution < -0.4 is 0 Å². The van der Waals surface area contributed by atoms with Crippen molar-refractivity contribution in [1.29, 1.82) is 0 Å². The number of unbranched alkanes of at least 4 members (excludes halogenated alkanes) is 9. The summed E-state index contributed by atoms with van der Waals surface area (Å²) in [5, 5.41) is 0. The van der Waals surface area contributed by atoms with Gasteiger partial charge in [-0.25, -0.2) is 0 Å². The van der Waals surface area contributed by atoms with E-state index in [9.17, 15) is 0 Å². The second kappa shape index (κ2) is 18.1. The molecule has 0 saturated heterocycles. The predicted molar refractivity (Wildman–Crippen MR) is 108 cm³/mol. The molecule has 0 aromatic heterocycles. The molecule has 0 aliphatic rings. The molecule has 23 heavy (non-hydrogen) atoms. The third kappa shape index (κ3) is 19.7. The Labute approximate surface area is 148 Å². The lowest BCUT2D eigenvalue weighted by Crippen LogP contribution is -1.94. The first-order valence-electron chi connectivity index (χ1n) is 10.8. The van der Waals surface area contributed by atoms with Crippen LogP contribution in [0.5, 0.6) is 0 Å². The summed E-state index contributed by atoms with van der Waals surface area (Å²) >= 11 is 0. The molecule has 138 valence electrons. The molecule has 0 rings (SSSR count). The van der Waals surface area contributed by atoms with Crippen LogP contribution in [0.3, 0.4) is 0 Å². The van der Waals surface area contributed by atoms with Crippen molar-refractivity contribution in [2.45, 2.75) is 124 Å². The van der Waals surface area contributed by atoms with Crippen molar-refractivity contribution >= 4 is 0 Å². The first kappa shape index (κ1) is 22.7. The Kier molecular flexibility index (Phi) is 17.9. The second-order valence-corrected chi connectivity index (χ2v) is 8.10. The Morgan fingerprint density at radius 2 is 1.04 bits per heavy atom. The average molecular weight is 323 g/mol. The van der Waals surface area contributed by atoms with E-state index in [1.165, 1.54) is 96.3 Å². The smallest absolute Gasteiger partial charge is 0.0351 e. The Hall–Kier alpha value is -0.260. The molecule has 0 radical (unpaired) electrons. The highest BCUT2D eigenvalue weighted by Crippen LogP contribution is 2.17. The van der Waals surface area contributed by atoms with Crippen LogP contribution in [0.4, 0.5) is 0 Å². The summed E-state index contributed by atoms with van der Waals surface area (Å²) in [6.07, 6.45) is 25.9. The zero-order valence-corrected chi connectivity index (χ0v) is 16.9. The highest BCUT2D eigenvalue weighted by molar-refractivity contribution is 4.81. The minimum absolute atomic E-state index is 0.884. The molecule has 0 saturated carbocycles. The summed E-state index contributed by atoms with van der Waals surface area (Å²) in [7, 11) is 0. The van der Waals surface area contributed by atoms with Gasteiger partial charge in [0.25, 0.3) is 0 Å². The highest BCUT2D eigenvalue weighted by atomic mass is 14.1. The quantitative estimate of drug-likeness (QED) is 0.185. The zero-order chi connectivity index (χ0) is 17.2. The molecule has 0 fully saturated rings. The monoisotopic (exact) mass is 322 g/mol. The van der Waals surface area contributed by atoms with Crippen LogP contribution in [0.2, 0.25) is 0 Å². The predicted octanol–water partition coefficient (Wildman–Crippen LogP) is 8.71. The van der Waals surface area contributed by atoms with Crippen molar-refractivity contribution in [3.05, 3.63) is 12.2 Å². The lowest BCUT2D eigenvalue weighted by atomic mass is 9.96. The molecule has 0 spiro atoms. The van der Waals surface area contributed by atoms with Gasteiger partial charge in [-0.1, -0.05) is 110 Å². The van der Waals surface area contributed by atoms with Gasteiger partial charge in [0.1, 0.15) is 0 Å². The molecule has 0 amide bonds. The number of hydrogen-bond donors (Lipinski definition) is 0. The van der Waals surface area contributed by atoms with Gasteiger partial charge in [0.05, 0.1) is 0 Å². The van der Waals surface area contributed by atoms with Gasteiger partial charge in [-0.05, 0) is 37.5 Å². The molecule has 0 N–H and O–H groups in total. The summed E-state index contributed by atoms with van der Waals surface area (Å²) < 4.78 is 0. The molecule has 0 aromatic rings. The van der Waals surface area contributed by atoms with Gasteiger partial charge in [-0.3, -0.25) is 0 Å². The van der Waals surface area contributed by atoms with Crippen LogP contribution in [-0.2, 0) is 0 Å². The van der Waals surface area contributed by atoms with Crippen LogP contribution in [-0.4, -0.2) is 0 Å². The number of allylic oxidation sites excluding steroid dienone is 2. The molecular weight excluding hydrogens is 276 g/mol. The number of hydrogen-bond acceptors (Lipinski definition) is 0. The van der Waals surface area contributed by atoms with Crippen LogP contribution in [0, 0.1) is 11.8 Å². The zero-order valence-electron chi connectivity index (χ0n) is 16.9. The summed E-state index contributed by atoms with van der Waals surface area (Å²) in [6.45, 7) is 9.40. The third-order valence-corrected chi connectivity index (χ3v) is 4.94. The Morgan fingerprint density at radius 3 is 1.61 bits per heavy atom. The van der Waals surface area contributed by atoms with Crippen molar-refractivity contribution < 1.29 is 0 Å². The Morgan fingerprint density at radius 1 is 0.565 bits per heavy atom. The van der Waals surface area contributed by atoms with Gasteiger partial charge in [0, 0.05) is 0 Å². The SMILES string of the molecule is CCCCCC(C)CCCCC/C=C/CCCCCCC(C)C. The first-order chi connectivity index (χ1) is 11.2. The summed E-state index contributed by atoms with van der Waals surface area (Å²) in [5.41, 5.74) is 0. The Balaban J connectivity index is 3.19. The fourth-order valence-corrected chi connectivity index (χ4v) is 3.22. The summed E-state index contributed by atoms with van der Waals surface area (Å²) in [5.74, 6) is 1.84. The van der Waals surface area contributed by atoms with E-state index in [4.69, 9.17) is 0 Å². The van der Waals surface area contributed by atoms with Gasteiger partial charge in [-0.2, -0.15) is 0 Å². The maximum absolute atomic E-state index is 2.44. The molecule has 0 heteroatoms. The van der Waals surface area contributed by atoms with Crippen LogP contribution in [0.15, 0.2) is 12.2 Å². The molecule has 0 nitrogen and oxygen atoms in total. The maximum atomic E-state index is 2.44. The standard InChI is InChI=1S/C23H46/c1-5-6-16-20-23(4)21-18-15-13-11-9-7-8-10-12-14-17-19-22(2)3/h7,9,22-23H,5-6,8,10-21H2,1-4H3/b9-7+. The fourth-order valence-electron chi connectivity index (χ4n) is 3.22. The van der Waals surface area contributed by atoms with E-state index in [2.05, 4.69) is 39.8 Å². The number of rotatable bonds is 17. The average Bonchev–Trinajstić information content (AvgIpc) is 2.51. The van der Waals surface area contributed by atoms with Crippen LogP contribution in [0.1, 0.15) is 124 Å². The van der Waals surface area contributed by atoms with Crippen molar-refractivity contribution in [2.24, 2.45) is 11.8 Å². The van der Waals surface area contributed by atoms with Crippen LogP contribution in [0.25, 0.3) is 0 Å². The lowest BCUT2D eigenvalue weighted by Gasteiger charge is -2.10. The van der Waals surface area contributed by atoms with Crippen molar-refractivity contribution in [3.8, 4) is 0 Å². The summed E-state index contributed by atoms with van der Waals surface area (Å²) in [4.78, 5) is 0. The van der Waals surface area contributed by atoms with Crippen molar-refractivity contribution in [1.82, 2.24) is 0 Å². The largest absolute Gasteiger partial charge is 0.0885 e. The molecule has 0 aliphatic carbocycles. The second-order valence-electron chi connectivity index (χ2n) is 8.10. The molecular formula is C23H46. The molecule has 1 unspecified atom stereocenters. The minimum Gasteiger partial charge on any atom is -0.0885 e. The van der Waals surface area contributed by atoms with E-state index in [1.54, 1.807) is 0 Å². The van der Waals surface area contributed by atoms with Gasteiger partial charge >= 0.3 is 0 Å². The topological polar surface area (TPSA) is 0 Å². The molecule has 0 heterocycles. The van der Waals surface area contributed by atoms with Gasteiger partial charge in [-0.15, -0.1) is 0 Å². The molecule has 0 aliphatic heterocycles. The molecule has 0 bridgehead atoms. The lowest BCUT2D eigenvalue weighted by molar-refractivity contribution is 0.440. The van der Waals surface area contributed by atoms with E-state index in [1.807, 2.05) is 0 Å².